The molecule has 3 aromatic rings. The Labute approximate surface area is 138 Å². The van der Waals surface area contributed by atoms with E-state index < -0.39 is 5.97 Å². The normalized spacial score (nSPS) is 11.3. The summed E-state index contributed by atoms with van der Waals surface area (Å²) in [5.74, 6) is -0.163. The summed E-state index contributed by atoms with van der Waals surface area (Å²) in [5.41, 5.74) is 8.39. The average molecular weight is 321 g/mol. The van der Waals surface area contributed by atoms with Gasteiger partial charge in [0.25, 0.3) is 0 Å². The molecule has 0 spiro atoms. The van der Waals surface area contributed by atoms with E-state index in [1.54, 1.807) is 12.1 Å². The molecule has 0 atom stereocenters. The van der Waals surface area contributed by atoms with Gasteiger partial charge >= 0.3 is 5.97 Å². The molecular weight excluding hydrogens is 306 g/mol. The first-order valence-electron chi connectivity index (χ1n) is 7.27. The Kier molecular flexibility index (Phi) is 4.38. The number of carbonyl (C=O) groups is 1. The van der Waals surface area contributed by atoms with Crippen molar-refractivity contribution in [1.29, 1.82) is 0 Å². The van der Waals surface area contributed by atoms with Crippen molar-refractivity contribution in [2.75, 3.05) is 0 Å². The van der Waals surface area contributed by atoms with Gasteiger partial charge in [-0.3, -0.25) is 0 Å². The molecule has 0 fully saturated rings. The molecule has 2 N–H and O–H groups in total. The van der Waals surface area contributed by atoms with E-state index in [9.17, 15) is 4.79 Å². The number of nitrogens with two attached hydrogens (primary N) is 1. The van der Waals surface area contributed by atoms with Gasteiger partial charge in [0.05, 0.1) is 0 Å². The number of nitrogens with zero attached hydrogens (tertiary/aromatic N) is 2. The second kappa shape index (κ2) is 6.78. The van der Waals surface area contributed by atoms with Crippen LogP contribution in [-0.4, -0.2) is 17.0 Å². The molecule has 1 heterocycles. The Bertz CT molecular complexity index is 868. The van der Waals surface area contributed by atoms with E-state index in [1.807, 2.05) is 49.4 Å². The van der Waals surface area contributed by atoms with Crippen LogP contribution in [0.4, 0.5) is 0 Å². The average Bonchev–Trinajstić information content (AvgIpc) is 3.11. The third-order valence-electron chi connectivity index (χ3n) is 3.35. The maximum atomic E-state index is 12.0. The number of amidine groups is 1. The van der Waals surface area contributed by atoms with Crippen molar-refractivity contribution in [3.05, 3.63) is 77.5 Å². The first-order chi connectivity index (χ1) is 11.6. The number of hydrogen-bond acceptors (Lipinski definition) is 5. The highest BCUT2D eigenvalue weighted by molar-refractivity contribution is 5.98. The molecule has 2 aromatic carbocycles. The highest BCUT2D eigenvalue weighted by atomic mass is 16.7. The van der Waals surface area contributed by atoms with Gasteiger partial charge in [-0.2, -0.15) is 0 Å². The van der Waals surface area contributed by atoms with Crippen LogP contribution in [0.25, 0.3) is 11.3 Å². The van der Waals surface area contributed by atoms with Crippen LogP contribution in [0.2, 0.25) is 0 Å². The lowest BCUT2D eigenvalue weighted by Crippen LogP contribution is -2.15. The standard InChI is InChI=1S/C18H15N3O3/c1-12-7-9-13(10-8-12)16-11-15(20-23-16)18(22)24-21-17(19)14-5-3-2-4-6-14/h2-11H,1H3,(H2,19,21). The molecule has 0 amide bonds. The summed E-state index contributed by atoms with van der Waals surface area (Å²) in [6.07, 6.45) is 0. The second-order valence-corrected chi connectivity index (χ2v) is 5.16. The summed E-state index contributed by atoms with van der Waals surface area (Å²) in [4.78, 5) is 16.8. The minimum Gasteiger partial charge on any atom is -0.380 e. The third-order valence-corrected chi connectivity index (χ3v) is 3.35. The van der Waals surface area contributed by atoms with Crippen LogP contribution in [-0.2, 0) is 4.84 Å². The van der Waals surface area contributed by atoms with E-state index in [0.29, 0.717) is 11.3 Å². The molecule has 6 heteroatoms. The molecule has 0 aliphatic carbocycles. The van der Waals surface area contributed by atoms with Crippen molar-refractivity contribution in [2.24, 2.45) is 10.9 Å². The molecule has 0 radical (unpaired) electrons. The van der Waals surface area contributed by atoms with Crippen LogP contribution in [0.1, 0.15) is 21.6 Å². The SMILES string of the molecule is Cc1ccc(-c2cc(C(=O)O/N=C(\N)c3ccccc3)no2)cc1. The Balaban J connectivity index is 1.71. The van der Waals surface area contributed by atoms with Crippen molar-refractivity contribution < 1.29 is 14.2 Å². The van der Waals surface area contributed by atoms with Crippen molar-refractivity contribution in [2.45, 2.75) is 6.92 Å². The molecular formula is C18H15N3O3. The van der Waals surface area contributed by atoms with Gasteiger partial charge in [0.2, 0.25) is 0 Å². The molecule has 0 aliphatic heterocycles. The fourth-order valence-electron chi connectivity index (χ4n) is 2.02. The van der Waals surface area contributed by atoms with E-state index in [2.05, 4.69) is 10.3 Å². The lowest BCUT2D eigenvalue weighted by Gasteiger charge is -1.98. The third kappa shape index (κ3) is 3.49. The summed E-state index contributed by atoms with van der Waals surface area (Å²) in [6.45, 7) is 1.99. The van der Waals surface area contributed by atoms with Crippen molar-refractivity contribution >= 4 is 11.8 Å². The first-order valence-corrected chi connectivity index (χ1v) is 7.27. The van der Waals surface area contributed by atoms with E-state index >= 15 is 0 Å². The van der Waals surface area contributed by atoms with Gasteiger partial charge in [0.15, 0.2) is 17.3 Å². The quantitative estimate of drug-likeness (QED) is 0.345. The Morgan fingerprint density at radius 3 is 2.54 bits per heavy atom. The predicted octanol–water partition coefficient (Wildman–Crippen LogP) is 3.13. The monoisotopic (exact) mass is 321 g/mol. The van der Waals surface area contributed by atoms with Crippen LogP contribution >= 0.6 is 0 Å². The Morgan fingerprint density at radius 1 is 1.12 bits per heavy atom. The summed E-state index contributed by atoms with van der Waals surface area (Å²) in [7, 11) is 0. The Hall–Kier alpha value is -3.41. The zero-order valence-electron chi connectivity index (χ0n) is 13.0. The molecule has 0 unspecified atom stereocenters. The number of benzene rings is 2. The fourth-order valence-corrected chi connectivity index (χ4v) is 2.02. The summed E-state index contributed by atoms with van der Waals surface area (Å²) < 4.78 is 5.17. The van der Waals surface area contributed by atoms with Crippen LogP contribution in [0.5, 0.6) is 0 Å². The molecule has 24 heavy (non-hydrogen) atoms. The number of carbonyl (C=O) groups excluding carboxylic acids is 1. The van der Waals surface area contributed by atoms with Gasteiger partial charge in [0.1, 0.15) is 0 Å². The maximum absolute atomic E-state index is 12.0. The molecule has 0 saturated carbocycles. The largest absolute Gasteiger partial charge is 0.387 e. The minimum absolute atomic E-state index is 0.0233. The highest BCUT2D eigenvalue weighted by Crippen LogP contribution is 2.21. The second-order valence-electron chi connectivity index (χ2n) is 5.16. The van der Waals surface area contributed by atoms with Crippen LogP contribution in [0.3, 0.4) is 0 Å². The molecule has 0 bridgehead atoms. The first kappa shape index (κ1) is 15.5. The fraction of sp³-hybridized carbons (Fsp3) is 0.0556. The smallest absolute Gasteiger partial charge is 0.380 e. The number of oxime groups is 1. The topological polar surface area (TPSA) is 90.7 Å². The molecule has 120 valence electrons. The molecule has 0 saturated heterocycles. The van der Waals surface area contributed by atoms with Gasteiger partial charge in [-0.15, -0.1) is 0 Å². The molecule has 0 aliphatic rings. The van der Waals surface area contributed by atoms with Gasteiger partial charge in [-0.25, -0.2) is 4.79 Å². The van der Waals surface area contributed by atoms with E-state index in [-0.39, 0.29) is 11.5 Å². The number of aromatic nitrogens is 1. The highest BCUT2D eigenvalue weighted by Gasteiger charge is 2.15. The zero-order chi connectivity index (χ0) is 16.9. The summed E-state index contributed by atoms with van der Waals surface area (Å²) in [5, 5.41) is 7.33. The van der Waals surface area contributed by atoms with Gasteiger partial charge < -0.3 is 15.1 Å². The number of aryl methyl sites for hydroxylation is 1. The summed E-state index contributed by atoms with van der Waals surface area (Å²) >= 11 is 0. The van der Waals surface area contributed by atoms with Crippen molar-refractivity contribution in [3.63, 3.8) is 0 Å². The van der Waals surface area contributed by atoms with Crippen molar-refractivity contribution in [3.8, 4) is 11.3 Å². The lowest BCUT2D eigenvalue weighted by atomic mass is 10.1. The van der Waals surface area contributed by atoms with Crippen molar-refractivity contribution in [1.82, 2.24) is 5.16 Å². The van der Waals surface area contributed by atoms with E-state index in [1.165, 1.54) is 6.07 Å². The lowest BCUT2D eigenvalue weighted by molar-refractivity contribution is 0.0504. The molecule has 3 rings (SSSR count). The number of hydrogen-bond donors (Lipinski definition) is 1. The van der Waals surface area contributed by atoms with E-state index in [0.717, 1.165) is 11.1 Å². The van der Waals surface area contributed by atoms with Crippen LogP contribution in [0.15, 0.2) is 70.3 Å². The van der Waals surface area contributed by atoms with Crippen LogP contribution < -0.4 is 5.73 Å². The molecule has 6 nitrogen and oxygen atoms in total. The molecule has 1 aromatic heterocycles. The predicted molar refractivity (Wildman–Crippen MR) is 89.3 cm³/mol. The maximum Gasteiger partial charge on any atom is 0.387 e. The van der Waals surface area contributed by atoms with Crippen LogP contribution in [0, 0.1) is 6.92 Å². The van der Waals surface area contributed by atoms with Gasteiger partial charge in [0, 0.05) is 17.2 Å². The summed E-state index contributed by atoms with van der Waals surface area (Å²) in [6, 6.07) is 18.2. The van der Waals surface area contributed by atoms with Gasteiger partial charge in [-0.05, 0) is 6.92 Å². The number of rotatable bonds is 4. The van der Waals surface area contributed by atoms with E-state index in [4.69, 9.17) is 15.1 Å². The Morgan fingerprint density at radius 2 is 1.83 bits per heavy atom. The van der Waals surface area contributed by atoms with Gasteiger partial charge in [-0.1, -0.05) is 70.5 Å². The minimum atomic E-state index is -0.740. The zero-order valence-corrected chi connectivity index (χ0v) is 13.0.